The number of carbonyl (C=O) groups is 1. The topological polar surface area (TPSA) is 86.7 Å². The van der Waals surface area contributed by atoms with Gasteiger partial charge in [-0.25, -0.2) is 8.42 Å². The highest BCUT2D eigenvalue weighted by Gasteiger charge is 2.42. The lowest BCUT2D eigenvalue weighted by atomic mass is 9.81. The number of aliphatic hydroxyl groups excluding tert-OH is 1. The normalized spacial score (nSPS) is 22.6. The second-order valence-electron chi connectivity index (χ2n) is 11.0. The Labute approximate surface area is 234 Å². The summed E-state index contributed by atoms with van der Waals surface area (Å²) in [6, 6.07) is 11.7. The Bertz CT molecular complexity index is 1270. The summed E-state index contributed by atoms with van der Waals surface area (Å²) in [6.07, 6.45) is -1.40. The first-order valence-corrected chi connectivity index (χ1v) is 15.8. The third kappa shape index (κ3) is 6.89. The van der Waals surface area contributed by atoms with Crippen molar-refractivity contribution in [3.8, 4) is 0 Å². The number of nitrogens with one attached hydrogen (secondary N) is 1. The van der Waals surface area contributed by atoms with E-state index in [9.17, 15) is 31.5 Å². The number of carbonyl (C=O) groups excluding carboxylic acids is 1. The fourth-order valence-electron chi connectivity index (χ4n) is 6.18. The fraction of sp³-hybridized carbons (Fsp3) is 0.567. The first-order valence-electron chi connectivity index (χ1n) is 14.1. The van der Waals surface area contributed by atoms with Crippen molar-refractivity contribution in [2.24, 2.45) is 11.8 Å². The zero-order valence-electron chi connectivity index (χ0n) is 23.1. The van der Waals surface area contributed by atoms with Crippen LogP contribution >= 0.6 is 0 Å². The average molecular weight is 581 g/mol. The van der Waals surface area contributed by atoms with Crippen molar-refractivity contribution < 1.29 is 31.5 Å². The van der Waals surface area contributed by atoms with Crippen LogP contribution < -0.4 is 5.32 Å². The predicted molar refractivity (Wildman–Crippen MR) is 147 cm³/mol. The van der Waals surface area contributed by atoms with E-state index in [2.05, 4.69) is 17.1 Å². The predicted octanol–water partition coefficient (Wildman–Crippen LogP) is 5.97. The van der Waals surface area contributed by atoms with Crippen LogP contribution in [0.4, 0.5) is 13.2 Å². The van der Waals surface area contributed by atoms with Crippen LogP contribution in [-0.4, -0.2) is 49.4 Å². The van der Waals surface area contributed by atoms with E-state index >= 15 is 0 Å². The molecule has 0 aromatic heterocycles. The number of alkyl halides is 3. The zero-order chi connectivity index (χ0) is 29.1. The lowest BCUT2D eigenvalue weighted by Crippen LogP contribution is -2.33. The maximum Gasteiger partial charge on any atom is 0.391 e. The Hall–Kier alpha value is -2.43. The van der Waals surface area contributed by atoms with E-state index in [1.165, 1.54) is 12.1 Å². The lowest BCUT2D eigenvalue weighted by Gasteiger charge is -2.34. The molecule has 220 valence electrons. The fourth-order valence-corrected chi connectivity index (χ4v) is 7.06. The Kier molecular flexibility index (Phi) is 9.62. The van der Waals surface area contributed by atoms with Gasteiger partial charge in [0.15, 0.2) is 9.84 Å². The van der Waals surface area contributed by atoms with Gasteiger partial charge in [0.2, 0.25) is 0 Å². The highest BCUT2D eigenvalue weighted by Crippen LogP contribution is 2.42. The largest absolute Gasteiger partial charge is 0.396 e. The van der Waals surface area contributed by atoms with Gasteiger partial charge < -0.3 is 10.4 Å². The SMILES string of the molecule is CCC1c2ccc(C(=O)N[C@@H](CCO)c3ccc(S(=O)(=O)CC)cc3)cc2CN1CC1CCC(C(F)(F)F)CC1. The molecule has 10 heteroatoms. The Morgan fingerprint density at radius 2 is 1.75 bits per heavy atom. The average Bonchev–Trinajstić information content (AvgIpc) is 3.28. The van der Waals surface area contributed by atoms with Gasteiger partial charge >= 0.3 is 6.18 Å². The van der Waals surface area contributed by atoms with Gasteiger partial charge in [-0.2, -0.15) is 13.2 Å². The summed E-state index contributed by atoms with van der Waals surface area (Å²) < 4.78 is 63.5. The number of fused-ring (bicyclic) bond motifs is 1. The van der Waals surface area contributed by atoms with E-state index in [0.29, 0.717) is 30.5 Å². The molecule has 1 fully saturated rings. The molecule has 1 amide bonds. The number of hydrogen-bond donors (Lipinski definition) is 2. The molecule has 1 unspecified atom stereocenters. The molecule has 1 aliphatic heterocycles. The monoisotopic (exact) mass is 580 g/mol. The van der Waals surface area contributed by atoms with Crippen LogP contribution in [0.3, 0.4) is 0 Å². The number of aliphatic hydroxyl groups is 1. The van der Waals surface area contributed by atoms with Crippen molar-refractivity contribution in [3.63, 3.8) is 0 Å². The summed E-state index contributed by atoms with van der Waals surface area (Å²) in [5.41, 5.74) is 3.41. The molecule has 0 saturated heterocycles. The molecular formula is C30H39F3N2O4S. The van der Waals surface area contributed by atoms with Gasteiger partial charge in [0, 0.05) is 31.3 Å². The van der Waals surface area contributed by atoms with Crippen molar-refractivity contribution >= 4 is 15.7 Å². The van der Waals surface area contributed by atoms with Gasteiger partial charge in [-0.1, -0.05) is 32.0 Å². The molecule has 6 nitrogen and oxygen atoms in total. The number of amides is 1. The van der Waals surface area contributed by atoms with Crippen molar-refractivity contribution in [1.82, 2.24) is 10.2 Å². The molecule has 2 aliphatic rings. The summed E-state index contributed by atoms with van der Waals surface area (Å²) >= 11 is 0. The number of hydrogen-bond acceptors (Lipinski definition) is 5. The number of halogens is 3. The van der Waals surface area contributed by atoms with E-state index in [0.717, 1.165) is 24.1 Å². The Balaban J connectivity index is 1.43. The Morgan fingerprint density at radius 3 is 2.33 bits per heavy atom. The minimum Gasteiger partial charge on any atom is -0.396 e. The minimum absolute atomic E-state index is 0.00300. The molecule has 2 atom stereocenters. The maximum atomic E-state index is 13.2. The molecule has 40 heavy (non-hydrogen) atoms. The first-order chi connectivity index (χ1) is 19.0. The van der Waals surface area contributed by atoms with E-state index in [-0.39, 0.29) is 54.4 Å². The highest BCUT2D eigenvalue weighted by atomic mass is 32.2. The summed E-state index contributed by atoms with van der Waals surface area (Å²) in [4.78, 5) is 15.8. The summed E-state index contributed by atoms with van der Waals surface area (Å²) in [7, 11) is -3.34. The van der Waals surface area contributed by atoms with Crippen LogP contribution in [0.25, 0.3) is 0 Å². The van der Waals surface area contributed by atoms with Gasteiger partial charge in [0.25, 0.3) is 5.91 Å². The molecule has 0 bridgehead atoms. The van der Waals surface area contributed by atoms with Gasteiger partial charge in [0.05, 0.1) is 22.6 Å². The van der Waals surface area contributed by atoms with Crippen molar-refractivity contribution in [2.75, 3.05) is 18.9 Å². The quantitative estimate of drug-likeness (QED) is 0.362. The molecular weight excluding hydrogens is 541 g/mol. The first kappa shape index (κ1) is 30.5. The van der Waals surface area contributed by atoms with Crippen LogP contribution in [0.1, 0.15) is 91.5 Å². The minimum atomic E-state index is -4.10. The molecule has 1 saturated carbocycles. The van der Waals surface area contributed by atoms with Gasteiger partial charge in [-0.15, -0.1) is 0 Å². The van der Waals surface area contributed by atoms with E-state index < -0.39 is 28.0 Å². The summed E-state index contributed by atoms with van der Waals surface area (Å²) in [5.74, 6) is -1.23. The third-order valence-electron chi connectivity index (χ3n) is 8.51. The molecule has 1 heterocycles. The maximum absolute atomic E-state index is 13.2. The van der Waals surface area contributed by atoms with Crippen molar-refractivity contribution in [3.05, 3.63) is 64.7 Å². The van der Waals surface area contributed by atoms with E-state index in [1.807, 2.05) is 12.1 Å². The number of rotatable bonds is 10. The number of benzene rings is 2. The molecule has 2 aromatic rings. The van der Waals surface area contributed by atoms with Gasteiger partial charge in [-0.3, -0.25) is 9.69 Å². The molecule has 1 aliphatic carbocycles. The summed E-state index contributed by atoms with van der Waals surface area (Å²) in [6.45, 7) is 4.94. The van der Waals surface area contributed by atoms with Gasteiger partial charge in [0.1, 0.15) is 0 Å². The van der Waals surface area contributed by atoms with Gasteiger partial charge in [-0.05, 0) is 85.4 Å². The summed E-state index contributed by atoms with van der Waals surface area (Å²) in [5, 5.41) is 12.6. The smallest absolute Gasteiger partial charge is 0.391 e. The molecule has 2 aromatic carbocycles. The molecule has 0 spiro atoms. The lowest BCUT2D eigenvalue weighted by molar-refractivity contribution is -0.184. The van der Waals surface area contributed by atoms with Crippen molar-refractivity contribution in [1.29, 1.82) is 0 Å². The second-order valence-corrected chi connectivity index (χ2v) is 13.3. The number of nitrogens with zero attached hydrogens (tertiary/aromatic N) is 1. The zero-order valence-corrected chi connectivity index (χ0v) is 23.9. The van der Waals surface area contributed by atoms with Crippen molar-refractivity contribution in [2.45, 2.75) is 82.1 Å². The third-order valence-corrected chi connectivity index (χ3v) is 10.3. The molecule has 4 rings (SSSR count). The highest BCUT2D eigenvalue weighted by molar-refractivity contribution is 7.91. The van der Waals surface area contributed by atoms with Crippen LogP contribution in [0.15, 0.2) is 47.4 Å². The Morgan fingerprint density at radius 1 is 1.07 bits per heavy atom. The van der Waals surface area contributed by atoms with Crippen LogP contribution in [-0.2, 0) is 16.4 Å². The van der Waals surface area contributed by atoms with E-state index in [4.69, 9.17) is 0 Å². The number of sulfone groups is 1. The van der Waals surface area contributed by atoms with E-state index in [1.54, 1.807) is 25.1 Å². The van der Waals surface area contributed by atoms with Crippen LogP contribution in [0, 0.1) is 11.8 Å². The van der Waals surface area contributed by atoms with Crippen LogP contribution in [0.5, 0.6) is 0 Å². The standard InChI is InChI=1S/C30H39F3N2O4S/c1-3-28-26-14-9-22(17-23(26)19-35(28)18-20-5-10-24(11-6-20)30(31,32)33)29(37)34-27(15-16-36)21-7-12-25(13-8-21)40(38,39)4-2/h7-9,12-14,17,20,24,27-28,36H,3-6,10-11,15-16,18-19H2,1-2H3,(H,34,37)/t20?,24?,27-,28?/m0/s1. The molecule has 2 N–H and O–H groups in total. The van der Waals surface area contributed by atoms with Crippen LogP contribution in [0.2, 0.25) is 0 Å². The second kappa shape index (κ2) is 12.6. The molecule has 0 radical (unpaired) electrons.